The number of hydrogen-bond acceptors (Lipinski definition) is 6. The number of carboxylic acids is 1. The van der Waals surface area contributed by atoms with Crippen molar-refractivity contribution in [2.75, 3.05) is 7.11 Å². The van der Waals surface area contributed by atoms with E-state index in [1.807, 2.05) is 6.07 Å². The molecule has 0 heterocycles. The molecule has 0 fully saturated rings. The van der Waals surface area contributed by atoms with Crippen LogP contribution >= 0.6 is 0 Å². The van der Waals surface area contributed by atoms with Crippen LogP contribution in [0.4, 0.5) is 5.69 Å². The van der Waals surface area contributed by atoms with Gasteiger partial charge in [0.2, 0.25) is 0 Å². The van der Waals surface area contributed by atoms with Gasteiger partial charge in [-0.25, -0.2) is 0 Å². The molecule has 0 aromatic heterocycles. The van der Waals surface area contributed by atoms with E-state index < -0.39 is 10.9 Å². The van der Waals surface area contributed by atoms with Gasteiger partial charge in [-0.3, -0.25) is 10.1 Å². The van der Waals surface area contributed by atoms with Crippen molar-refractivity contribution in [3.63, 3.8) is 0 Å². The number of rotatable bonds is 5. The molecule has 0 aliphatic heterocycles. The quantitative estimate of drug-likeness (QED) is 0.360. The molecule has 7 nitrogen and oxygen atoms in total. The molecule has 0 N–H and O–H groups in total. The van der Waals surface area contributed by atoms with Crippen molar-refractivity contribution in [3.05, 3.63) is 69.3 Å². The first kappa shape index (κ1) is 16.7. The van der Waals surface area contributed by atoms with Crippen molar-refractivity contribution in [2.24, 2.45) is 0 Å². The van der Waals surface area contributed by atoms with Crippen LogP contribution in [0.2, 0.25) is 0 Å². The van der Waals surface area contributed by atoms with Gasteiger partial charge in [0, 0.05) is 6.07 Å². The van der Waals surface area contributed by atoms with Crippen LogP contribution in [-0.4, -0.2) is 18.0 Å². The second-order valence-electron chi connectivity index (χ2n) is 4.72. The Morgan fingerprint density at radius 1 is 1.21 bits per heavy atom. The maximum atomic E-state index is 11.0. The number of ether oxygens (including phenoxy) is 1. The third kappa shape index (κ3) is 3.56. The molecule has 0 spiro atoms. The summed E-state index contributed by atoms with van der Waals surface area (Å²) in [6.45, 7) is 0. The highest BCUT2D eigenvalue weighted by Crippen LogP contribution is 2.29. The molecular weight excluding hydrogens is 312 g/mol. The zero-order valence-corrected chi connectivity index (χ0v) is 12.6. The lowest BCUT2D eigenvalue weighted by atomic mass is 10.0. The van der Waals surface area contributed by atoms with E-state index in [0.29, 0.717) is 11.1 Å². The smallest absolute Gasteiger partial charge is 0.311 e. The SMILES string of the molecule is COc1ccc(/C=C(/C#N)c2ccc(C(=O)[O-])cc2)cc1[N+](=O)[O-]. The molecule has 24 heavy (non-hydrogen) atoms. The standard InChI is InChI=1S/C17H12N2O5/c1-24-16-7-2-11(9-15(16)19(22)23)8-14(10-18)12-3-5-13(6-4-12)17(20)21/h2-9H,1H3,(H,20,21)/p-1/b14-8-. The van der Waals surface area contributed by atoms with Crippen LogP contribution in [0.3, 0.4) is 0 Å². The van der Waals surface area contributed by atoms with Gasteiger partial charge in [0.1, 0.15) is 0 Å². The molecule has 0 atom stereocenters. The number of nitrogens with zero attached hydrogens (tertiary/aromatic N) is 2. The predicted octanol–water partition coefficient (Wildman–Crippen LogP) is 2.03. The van der Waals surface area contributed by atoms with Crippen LogP contribution in [0.1, 0.15) is 21.5 Å². The summed E-state index contributed by atoms with van der Waals surface area (Å²) in [4.78, 5) is 21.2. The van der Waals surface area contributed by atoms with Crippen LogP contribution in [0, 0.1) is 21.4 Å². The number of carbonyl (C=O) groups excluding carboxylic acids is 1. The van der Waals surface area contributed by atoms with Gasteiger partial charge >= 0.3 is 5.69 Å². The number of allylic oxidation sites excluding steroid dienone is 1. The molecule has 0 aliphatic carbocycles. The Hall–Kier alpha value is -3.66. The summed E-state index contributed by atoms with van der Waals surface area (Å²) in [7, 11) is 1.33. The number of aromatic carboxylic acids is 1. The van der Waals surface area contributed by atoms with Crippen LogP contribution in [-0.2, 0) is 0 Å². The Kier molecular flexibility index (Phi) is 4.92. The van der Waals surface area contributed by atoms with Gasteiger partial charge in [-0.2, -0.15) is 5.26 Å². The van der Waals surface area contributed by atoms with Gasteiger partial charge in [-0.1, -0.05) is 30.3 Å². The predicted molar refractivity (Wildman–Crippen MR) is 83.9 cm³/mol. The zero-order chi connectivity index (χ0) is 17.7. The number of nitro benzene ring substituents is 1. The van der Waals surface area contributed by atoms with E-state index in [-0.39, 0.29) is 22.6 Å². The Balaban J connectivity index is 2.44. The Morgan fingerprint density at radius 2 is 1.83 bits per heavy atom. The number of carboxylic acid groups (broad SMARTS) is 1. The summed E-state index contributed by atoms with van der Waals surface area (Å²) < 4.78 is 4.92. The van der Waals surface area contributed by atoms with E-state index in [1.165, 1.54) is 49.6 Å². The van der Waals surface area contributed by atoms with Gasteiger partial charge in [0.15, 0.2) is 5.75 Å². The van der Waals surface area contributed by atoms with E-state index in [4.69, 9.17) is 4.74 Å². The maximum absolute atomic E-state index is 11.0. The zero-order valence-electron chi connectivity index (χ0n) is 12.6. The maximum Gasteiger partial charge on any atom is 0.311 e. The summed E-state index contributed by atoms with van der Waals surface area (Å²) in [6, 6.07) is 11.9. The minimum atomic E-state index is -1.31. The van der Waals surface area contributed by atoms with Gasteiger partial charge < -0.3 is 14.6 Å². The minimum absolute atomic E-state index is 0.00359. The fourth-order valence-corrected chi connectivity index (χ4v) is 2.07. The molecule has 0 unspecified atom stereocenters. The first-order valence-corrected chi connectivity index (χ1v) is 6.72. The van der Waals surface area contributed by atoms with Crippen LogP contribution in [0.15, 0.2) is 42.5 Å². The molecule has 120 valence electrons. The van der Waals surface area contributed by atoms with Crippen LogP contribution in [0.5, 0.6) is 5.75 Å². The summed E-state index contributed by atoms with van der Waals surface area (Å²) in [6.07, 6.45) is 1.47. The molecule has 0 saturated carbocycles. The third-order valence-corrected chi connectivity index (χ3v) is 3.26. The molecule has 0 saturated heterocycles. The van der Waals surface area contributed by atoms with E-state index in [2.05, 4.69) is 0 Å². The van der Waals surface area contributed by atoms with Crippen molar-refractivity contribution >= 4 is 23.3 Å². The summed E-state index contributed by atoms with van der Waals surface area (Å²) in [5.41, 5.74) is 0.954. The van der Waals surface area contributed by atoms with Gasteiger partial charge in [-0.05, 0) is 28.8 Å². The van der Waals surface area contributed by atoms with Crippen molar-refractivity contribution in [1.29, 1.82) is 5.26 Å². The Bertz CT molecular complexity index is 864. The first-order valence-electron chi connectivity index (χ1n) is 6.72. The van der Waals surface area contributed by atoms with E-state index >= 15 is 0 Å². The fourth-order valence-electron chi connectivity index (χ4n) is 2.07. The topological polar surface area (TPSA) is 116 Å². The molecular formula is C17H11N2O5-. The van der Waals surface area contributed by atoms with Crippen molar-refractivity contribution in [1.82, 2.24) is 0 Å². The average Bonchev–Trinajstić information content (AvgIpc) is 2.59. The monoisotopic (exact) mass is 323 g/mol. The Morgan fingerprint density at radius 3 is 2.33 bits per heavy atom. The summed E-state index contributed by atoms with van der Waals surface area (Å²) in [5, 5.41) is 31.1. The number of carbonyl (C=O) groups is 1. The third-order valence-electron chi connectivity index (χ3n) is 3.26. The number of methoxy groups -OCH3 is 1. The van der Waals surface area contributed by atoms with E-state index in [1.54, 1.807) is 6.07 Å². The van der Waals surface area contributed by atoms with Crippen LogP contribution in [0.25, 0.3) is 11.6 Å². The molecule has 7 heteroatoms. The number of nitriles is 1. The normalized spacial score (nSPS) is 10.8. The highest BCUT2D eigenvalue weighted by atomic mass is 16.6. The molecule has 2 aromatic carbocycles. The summed E-state index contributed by atoms with van der Waals surface area (Å²) in [5.74, 6) is -1.19. The first-order chi connectivity index (χ1) is 11.5. The largest absolute Gasteiger partial charge is 0.545 e. The Labute approximate surface area is 137 Å². The fraction of sp³-hybridized carbons (Fsp3) is 0.0588. The van der Waals surface area contributed by atoms with Crippen molar-refractivity contribution in [3.8, 4) is 11.8 Å². The highest BCUT2D eigenvalue weighted by Gasteiger charge is 2.15. The van der Waals surface area contributed by atoms with Crippen molar-refractivity contribution < 1.29 is 19.6 Å². The summed E-state index contributed by atoms with van der Waals surface area (Å²) >= 11 is 0. The van der Waals surface area contributed by atoms with E-state index in [9.17, 15) is 25.3 Å². The number of benzene rings is 2. The molecule has 0 amide bonds. The molecule has 0 radical (unpaired) electrons. The van der Waals surface area contributed by atoms with Gasteiger partial charge in [0.25, 0.3) is 0 Å². The number of hydrogen-bond donors (Lipinski definition) is 0. The molecule has 2 aromatic rings. The lowest BCUT2D eigenvalue weighted by Gasteiger charge is -2.05. The van der Waals surface area contributed by atoms with Gasteiger partial charge in [-0.15, -0.1) is 0 Å². The minimum Gasteiger partial charge on any atom is -0.545 e. The molecule has 0 aliphatic rings. The average molecular weight is 323 g/mol. The second-order valence-corrected chi connectivity index (χ2v) is 4.72. The van der Waals surface area contributed by atoms with E-state index in [0.717, 1.165) is 0 Å². The molecule has 0 bridgehead atoms. The second kappa shape index (κ2) is 7.07. The molecule has 2 rings (SSSR count). The van der Waals surface area contributed by atoms with Crippen LogP contribution < -0.4 is 9.84 Å². The highest BCUT2D eigenvalue weighted by molar-refractivity contribution is 5.91. The lowest BCUT2D eigenvalue weighted by Crippen LogP contribution is -2.21. The lowest BCUT2D eigenvalue weighted by molar-refractivity contribution is -0.385. The van der Waals surface area contributed by atoms with Gasteiger partial charge in [0.05, 0.1) is 29.6 Å². The number of nitro groups is 1. The van der Waals surface area contributed by atoms with Crippen molar-refractivity contribution in [2.45, 2.75) is 0 Å².